The first-order chi connectivity index (χ1) is 8.42. The van der Waals surface area contributed by atoms with Crippen molar-refractivity contribution in [2.75, 3.05) is 6.61 Å². The molecule has 3 nitrogen and oxygen atoms in total. The maximum absolute atomic E-state index is 11.6. The number of benzene rings is 1. The quantitative estimate of drug-likeness (QED) is 0.605. The Labute approximate surface area is 108 Å². The van der Waals surface area contributed by atoms with Crippen molar-refractivity contribution < 1.29 is 14.3 Å². The topological polar surface area (TPSA) is 35.5 Å². The van der Waals surface area contributed by atoms with Crippen LogP contribution in [-0.4, -0.2) is 18.2 Å². The van der Waals surface area contributed by atoms with E-state index in [1.165, 1.54) is 6.08 Å². The second-order valence-corrected chi connectivity index (χ2v) is 4.84. The van der Waals surface area contributed by atoms with E-state index in [4.69, 9.17) is 9.47 Å². The van der Waals surface area contributed by atoms with Gasteiger partial charge in [0.05, 0.1) is 6.61 Å². The second kappa shape index (κ2) is 6.24. The van der Waals surface area contributed by atoms with Gasteiger partial charge in [0.1, 0.15) is 11.4 Å². The number of para-hydroxylation sites is 1. The fourth-order valence-corrected chi connectivity index (χ4v) is 1.40. The van der Waals surface area contributed by atoms with E-state index < -0.39 is 5.60 Å². The molecule has 0 fully saturated rings. The molecule has 1 aromatic carbocycles. The van der Waals surface area contributed by atoms with Gasteiger partial charge in [0.2, 0.25) is 0 Å². The Morgan fingerprint density at radius 3 is 2.56 bits per heavy atom. The Morgan fingerprint density at radius 2 is 1.94 bits per heavy atom. The monoisotopic (exact) mass is 248 g/mol. The third kappa shape index (κ3) is 5.04. The molecule has 0 saturated carbocycles. The van der Waals surface area contributed by atoms with E-state index in [0.29, 0.717) is 6.61 Å². The van der Waals surface area contributed by atoms with Gasteiger partial charge in [-0.2, -0.15) is 0 Å². The molecule has 0 saturated heterocycles. The molecule has 98 valence electrons. The van der Waals surface area contributed by atoms with E-state index in [-0.39, 0.29) is 5.97 Å². The van der Waals surface area contributed by atoms with Crippen molar-refractivity contribution in [3.8, 4) is 5.75 Å². The van der Waals surface area contributed by atoms with Crippen molar-refractivity contribution in [3.05, 3.63) is 35.9 Å². The van der Waals surface area contributed by atoms with E-state index in [0.717, 1.165) is 11.3 Å². The summed E-state index contributed by atoms with van der Waals surface area (Å²) in [4.78, 5) is 11.6. The standard InChI is InChI=1S/C15H20O3/c1-5-17-13-9-7-6-8-12(13)10-11-14(16)18-15(2,3)4/h6-11H,5H2,1-4H3/b11-10+. The molecule has 0 atom stereocenters. The van der Waals surface area contributed by atoms with Crippen molar-refractivity contribution in [1.82, 2.24) is 0 Å². The molecule has 0 aromatic heterocycles. The maximum Gasteiger partial charge on any atom is 0.331 e. The van der Waals surface area contributed by atoms with E-state index in [1.54, 1.807) is 6.08 Å². The summed E-state index contributed by atoms with van der Waals surface area (Å²) in [5.74, 6) is 0.411. The first-order valence-electron chi connectivity index (χ1n) is 6.05. The summed E-state index contributed by atoms with van der Waals surface area (Å²) in [6, 6.07) is 7.57. The zero-order valence-electron chi connectivity index (χ0n) is 11.4. The highest BCUT2D eigenvalue weighted by Gasteiger charge is 2.13. The maximum atomic E-state index is 11.6. The molecule has 0 N–H and O–H groups in total. The molecule has 0 aliphatic heterocycles. The van der Waals surface area contributed by atoms with Crippen LogP contribution in [0.15, 0.2) is 30.3 Å². The predicted octanol–water partition coefficient (Wildman–Crippen LogP) is 3.44. The van der Waals surface area contributed by atoms with Crippen LogP contribution in [0.5, 0.6) is 5.75 Å². The number of hydrogen-bond acceptors (Lipinski definition) is 3. The molecule has 18 heavy (non-hydrogen) atoms. The molecule has 1 rings (SSSR count). The van der Waals surface area contributed by atoms with Gasteiger partial charge in [-0.1, -0.05) is 18.2 Å². The smallest absolute Gasteiger partial charge is 0.331 e. The van der Waals surface area contributed by atoms with Gasteiger partial charge in [0.15, 0.2) is 0 Å². The fraction of sp³-hybridized carbons (Fsp3) is 0.400. The highest BCUT2D eigenvalue weighted by atomic mass is 16.6. The van der Waals surface area contributed by atoms with Crippen LogP contribution in [0.25, 0.3) is 6.08 Å². The van der Waals surface area contributed by atoms with Crippen LogP contribution >= 0.6 is 0 Å². The summed E-state index contributed by atoms with van der Waals surface area (Å²) in [5, 5.41) is 0. The Balaban J connectivity index is 2.75. The summed E-state index contributed by atoms with van der Waals surface area (Å²) in [7, 11) is 0. The summed E-state index contributed by atoms with van der Waals surface area (Å²) in [6.07, 6.45) is 3.13. The minimum atomic E-state index is -0.471. The third-order valence-corrected chi connectivity index (χ3v) is 2.02. The molecule has 3 heteroatoms. The van der Waals surface area contributed by atoms with Crippen LogP contribution in [-0.2, 0) is 9.53 Å². The minimum absolute atomic E-state index is 0.353. The van der Waals surface area contributed by atoms with Gasteiger partial charge in [-0.05, 0) is 39.8 Å². The Bertz CT molecular complexity index is 428. The number of carbonyl (C=O) groups excluding carboxylic acids is 1. The molecule has 0 spiro atoms. The molecular weight excluding hydrogens is 228 g/mol. The van der Waals surface area contributed by atoms with Gasteiger partial charge >= 0.3 is 5.97 Å². The van der Waals surface area contributed by atoms with Crippen LogP contribution in [0.1, 0.15) is 33.3 Å². The van der Waals surface area contributed by atoms with Crippen molar-refractivity contribution >= 4 is 12.0 Å². The normalized spacial score (nSPS) is 11.6. The first-order valence-corrected chi connectivity index (χ1v) is 6.05. The average Bonchev–Trinajstić information content (AvgIpc) is 2.26. The zero-order chi connectivity index (χ0) is 13.6. The minimum Gasteiger partial charge on any atom is -0.493 e. The van der Waals surface area contributed by atoms with Gasteiger partial charge in [0, 0.05) is 11.6 Å². The number of esters is 1. The molecule has 0 aliphatic rings. The van der Waals surface area contributed by atoms with Gasteiger partial charge in [-0.15, -0.1) is 0 Å². The van der Waals surface area contributed by atoms with Crippen LogP contribution in [0.3, 0.4) is 0 Å². The molecule has 1 aromatic rings. The lowest BCUT2D eigenvalue weighted by molar-refractivity contribution is -0.148. The van der Waals surface area contributed by atoms with Crippen molar-refractivity contribution in [2.24, 2.45) is 0 Å². The molecule has 0 bridgehead atoms. The van der Waals surface area contributed by atoms with E-state index in [9.17, 15) is 4.79 Å². The largest absolute Gasteiger partial charge is 0.493 e. The van der Waals surface area contributed by atoms with Crippen molar-refractivity contribution in [3.63, 3.8) is 0 Å². The molecular formula is C15H20O3. The van der Waals surface area contributed by atoms with Crippen LogP contribution < -0.4 is 4.74 Å². The first kappa shape index (κ1) is 14.3. The fourth-order valence-electron chi connectivity index (χ4n) is 1.40. The lowest BCUT2D eigenvalue weighted by atomic mass is 10.2. The Hall–Kier alpha value is -1.77. The van der Waals surface area contributed by atoms with Gasteiger partial charge < -0.3 is 9.47 Å². The average molecular weight is 248 g/mol. The summed E-state index contributed by atoms with van der Waals surface area (Å²) in [5.41, 5.74) is 0.395. The lowest BCUT2D eigenvalue weighted by Crippen LogP contribution is -2.22. The van der Waals surface area contributed by atoms with E-state index in [2.05, 4.69) is 0 Å². The molecule has 0 radical (unpaired) electrons. The van der Waals surface area contributed by atoms with Gasteiger partial charge in [-0.3, -0.25) is 0 Å². The van der Waals surface area contributed by atoms with Crippen molar-refractivity contribution in [2.45, 2.75) is 33.3 Å². The molecule has 0 amide bonds. The van der Waals surface area contributed by atoms with Crippen LogP contribution in [0.4, 0.5) is 0 Å². The number of carbonyl (C=O) groups is 1. The third-order valence-electron chi connectivity index (χ3n) is 2.02. The molecule has 0 unspecified atom stereocenters. The lowest BCUT2D eigenvalue weighted by Gasteiger charge is -2.17. The number of hydrogen-bond donors (Lipinski definition) is 0. The Morgan fingerprint density at radius 1 is 1.28 bits per heavy atom. The van der Waals surface area contributed by atoms with E-state index in [1.807, 2.05) is 52.0 Å². The predicted molar refractivity (Wildman–Crippen MR) is 72.5 cm³/mol. The molecule has 0 aliphatic carbocycles. The Kier molecular flexibility index (Phi) is 4.95. The summed E-state index contributed by atoms with van der Waals surface area (Å²) in [6.45, 7) is 8.04. The SMILES string of the molecule is CCOc1ccccc1/C=C/C(=O)OC(C)(C)C. The number of ether oxygens (including phenoxy) is 2. The summed E-state index contributed by atoms with van der Waals surface area (Å²) >= 11 is 0. The van der Waals surface area contributed by atoms with Gasteiger partial charge in [-0.25, -0.2) is 4.79 Å². The summed E-state index contributed by atoms with van der Waals surface area (Å²) < 4.78 is 10.7. The van der Waals surface area contributed by atoms with Crippen molar-refractivity contribution in [1.29, 1.82) is 0 Å². The second-order valence-electron chi connectivity index (χ2n) is 4.84. The highest BCUT2D eigenvalue weighted by molar-refractivity contribution is 5.87. The van der Waals surface area contributed by atoms with Crippen LogP contribution in [0, 0.1) is 0 Å². The zero-order valence-corrected chi connectivity index (χ0v) is 11.4. The molecule has 0 heterocycles. The highest BCUT2D eigenvalue weighted by Crippen LogP contribution is 2.19. The van der Waals surface area contributed by atoms with E-state index >= 15 is 0 Å². The van der Waals surface area contributed by atoms with Crippen LogP contribution in [0.2, 0.25) is 0 Å². The van der Waals surface area contributed by atoms with Gasteiger partial charge in [0.25, 0.3) is 0 Å². The number of rotatable bonds is 4.